The maximum absolute atomic E-state index is 12.6. The maximum Gasteiger partial charge on any atom is 0.415 e. The van der Waals surface area contributed by atoms with Gasteiger partial charge in [-0.15, -0.1) is 11.8 Å². The van der Waals surface area contributed by atoms with Crippen molar-refractivity contribution in [2.24, 2.45) is 4.99 Å². The van der Waals surface area contributed by atoms with Crippen LogP contribution in [0.4, 0.5) is 26.3 Å². The summed E-state index contributed by atoms with van der Waals surface area (Å²) in [4.78, 5) is 4.16. The SMILES string of the molecule is C=C(/C(=C\C(=C)C(F)(F)F)SCC)/C(C)=N/C(C)=C/C(=C)C(F)(F)F. The number of thioether (sulfide) groups is 1. The second kappa shape index (κ2) is 9.12. The molecule has 140 valence electrons. The molecule has 25 heavy (non-hydrogen) atoms. The van der Waals surface area contributed by atoms with Crippen LogP contribution >= 0.6 is 11.8 Å². The van der Waals surface area contributed by atoms with Crippen LogP contribution in [-0.4, -0.2) is 23.8 Å². The van der Waals surface area contributed by atoms with Gasteiger partial charge in [0.2, 0.25) is 0 Å². The molecule has 0 aromatic rings. The fourth-order valence-corrected chi connectivity index (χ4v) is 2.35. The topological polar surface area (TPSA) is 12.4 Å². The van der Waals surface area contributed by atoms with E-state index in [2.05, 4.69) is 24.7 Å². The predicted molar refractivity (Wildman–Crippen MR) is 92.6 cm³/mol. The molecule has 0 spiro atoms. The van der Waals surface area contributed by atoms with Crippen molar-refractivity contribution in [3.05, 3.63) is 59.2 Å². The predicted octanol–water partition coefficient (Wildman–Crippen LogP) is 6.78. The van der Waals surface area contributed by atoms with Gasteiger partial charge in [0.1, 0.15) is 0 Å². The number of allylic oxidation sites excluding steroid dienone is 6. The van der Waals surface area contributed by atoms with Crippen molar-refractivity contribution in [3.63, 3.8) is 0 Å². The van der Waals surface area contributed by atoms with Crippen LogP contribution in [0.15, 0.2) is 64.2 Å². The van der Waals surface area contributed by atoms with E-state index in [1.807, 2.05) is 0 Å². The summed E-state index contributed by atoms with van der Waals surface area (Å²) in [6, 6.07) is 0. The Labute approximate surface area is 147 Å². The van der Waals surface area contributed by atoms with Gasteiger partial charge < -0.3 is 0 Å². The summed E-state index contributed by atoms with van der Waals surface area (Å²) in [5, 5.41) is 0. The minimum absolute atomic E-state index is 0.0106. The van der Waals surface area contributed by atoms with E-state index in [1.54, 1.807) is 6.92 Å². The number of rotatable bonds is 7. The van der Waals surface area contributed by atoms with E-state index >= 15 is 0 Å². The van der Waals surface area contributed by atoms with Crippen LogP contribution in [-0.2, 0) is 0 Å². The van der Waals surface area contributed by atoms with Crippen molar-refractivity contribution in [1.29, 1.82) is 0 Å². The second-order valence-corrected chi connectivity index (χ2v) is 6.25. The van der Waals surface area contributed by atoms with Crippen molar-refractivity contribution >= 4 is 17.5 Å². The summed E-state index contributed by atoms with van der Waals surface area (Å²) in [5.41, 5.74) is -1.73. The smallest absolute Gasteiger partial charge is 0.258 e. The van der Waals surface area contributed by atoms with Gasteiger partial charge in [0, 0.05) is 27.5 Å². The van der Waals surface area contributed by atoms with Crippen LogP contribution in [0, 0.1) is 0 Å². The average molecular weight is 383 g/mol. The molecule has 0 bridgehead atoms. The maximum atomic E-state index is 12.6. The quantitative estimate of drug-likeness (QED) is 0.268. The third-order valence-corrected chi connectivity index (χ3v) is 3.76. The van der Waals surface area contributed by atoms with E-state index in [-0.39, 0.29) is 21.9 Å². The summed E-state index contributed by atoms with van der Waals surface area (Å²) in [5.74, 6) is 0.475. The highest BCUT2D eigenvalue weighted by atomic mass is 32.2. The molecule has 0 aliphatic heterocycles. The van der Waals surface area contributed by atoms with Gasteiger partial charge >= 0.3 is 12.4 Å². The molecule has 0 fully saturated rings. The van der Waals surface area contributed by atoms with E-state index in [0.717, 1.165) is 23.9 Å². The largest absolute Gasteiger partial charge is 0.415 e. The molecule has 0 radical (unpaired) electrons. The van der Waals surface area contributed by atoms with Crippen LogP contribution in [0.25, 0.3) is 0 Å². The standard InChI is InChI=1S/C17H19F6NS/c1-7-25-15(9-11(3)17(21,22)23)13(5)14(6)24-12(4)8-10(2)16(18,19)20/h8-9H,2-3,5,7H2,1,4,6H3/b12-8+,15-9+,24-14+. The number of alkyl halides is 6. The Hall–Kier alpha value is -1.70. The molecule has 8 heteroatoms. The summed E-state index contributed by atoms with van der Waals surface area (Å²) in [7, 11) is 0. The second-order valence-electron chi connectivity index (χ2n) is 4.95. The van der Waals surface area contributed by atoms with E-state index in [1.165, 1.54) is 13.8 Å². The Bertz CT molecular complexity index is 633. The van der Waals surface area contributed by atoms with Crippen LogP contribution in [0.5, 0.6) is 0 Å². The minimum atomic E-state index is -4.58. The van der Waals surface area contributed by atoms with Gasteiger partial charge in [0.25, 0.3) is 0 Å². The highest BCUT2D eigenvalue weighted by molar-refractivity contribution is 8.03. The molecule has 0 atom stereocenters. The highest BCUT2D eigenvalue weighted by Gasteiger charge is 2.31. The first-order valence-corrected chi connectivity index (χ1v) is 7.98. The minimum Gasteiger partial charge on any atom is -0.258 e. The van der Waals surface area contributed by atoms with Gasteiger partial charge in [-0.2, -0.15) is 26.3 Å². The molecule has 0 amide bonds. The summed E-state index contributed by atoms with van der Waals surface area (Å²) < 4.78 is 75.3. The molecule has 0 saturated carbocycles. The molecule has 0 unspecified atom stereocenters. The lowest BCUT2D eigenvalue weighted by Crippen LogP contribution is -2.10. The highest BCUT2D eigenvalue weighted by Crippen LogP contribution is 2.32. The summed E-state index contributed by atoms with van der Waals surface area (Å²) in [6.45, 7) is 14.1. The Balaban J connectivity index is 5.59. The molecular formula is C17H19F6NS. The van der Waals surface area contributed by atoms with E-state index < -0.39 is 23.5 Å². The van der Waals surface area contributed by atoms with E-state index in [4.69, 9.17) is 0 Å². The lowest BCUT2D eigenvalue weighted by Gasteiger charge is -2.13. The van der Waals surface area contributed by atoms with Gasteiger partial charge in [-0.25, -0.2) is 0 Å². The molecule has 0 rings (SSSR count). The molecule has 0 aromatic heterocycles. The lowest BCUT2D eigenvalue weighted by molar-refractivity contribution is -0.0887. The normalized spacial score (nSPS) is 14.5. The Morgan fingerprint density at radius 3 is 1.76 bits per heavy atom. The number of nitrogens with zero attached hydrogens (tertiary/aromatic N) is 1. The molecule has 1 nitrogen and oxygen atoms in total. The third-order valence-electron chi connectivity index (χ3n) is 2.79. The van der Waals surface area contributed by atoms with E-state index in [9.17, 15) is 26.3 Å². The van der Waals surface area contributed by atoms with Crippen LogP contribution in [0.1, 0.15) is 20.8 Å². The zero-order valence-corrected chi connectivity index (χ0v) is 14.9. The number of hydrogen-bond donors (Lipinski definition) is 0. The van der Waals surface area contributed by atoms with Crippen LogP contribution in [0.2, 0.25) is 0 Å². The lowest BCUT2D eigenvalue weighted by atomic mass is 10.1. The van der Waals surface area contributed by atoms with Gasteiger partial charge in [-0.3, -0.25) is 4.99 Å². The van der Waals surface area contributed by atoms with Crippen molar-refractivity contribution in [1.82, 2.24) is 0 Å². The molecule has 0 N–H and O–H groups in total. The molecule has 0 aromatic carbocycles. The number of aliphatic imine (C=N–C) groups is 1. The van der Waals surface area contributed by atoms with Crippen molar-refractivity contribution < 1.29 is 26.3 Å². The van der Waals surface area contributed by atoms with Crippen molar-refractivity contribution in [3.8, 4) is 0 Å². The van der Waals surface area contributed by atoms with Gasteiger partial charge in [-0.1, -0.05) is 26.7 Å². The van der Waals surface area contributed by atoms with Crippen LogP contribution in [0.3, 0.4) is 0 Å². The van der Waals surface area contributed by atoms with Crippen molar-refractivity contribution in [2.45, 2.75) is 33.1 Å². The Morgan fingerprint density at radius 1 is 0.920 bits per heavy atom. The Kier molecular flexibility index (Phi) is 8.50. The molecule has 0 aliphatic carbocycles. The first-order valence-electron chi connectivity index (χ1n) is 7.00. The number of hydrogen-bond acceptors (Lipinski definition) is 2. The fourth-order valence-electron chi connectivity index (χ4n) is 1.49. The Morgan fingerprint density at radius 2 is 1.36 bits per heavy atom. The molecule has 0 heterocycles. The van der Waals surface area contributed by atoms with Gasteiger partial charge in [0.15, 0.2) is 0 Å². The fraction of sp³-hybridized carbons (Fsp3) is 0.353. The molecule has 0 saturated heterocycles. The molecule has 0 aliphatic rings. The van der Waals surface area contributed by atoms with Gasteiger partial charge in [0.05, 0.1) is 5.57 Å². The first kappa shape index (κ1) is 23.3. The van der Waals surface area contributed by atoms with E-state index in [0.29, 0.717) is 5.75 Å². The van der Waals surface area contributed by atoms with Crippen molar-refractivity contribution in [2.75, 3.05) is 5.75 Å². The monoisotopic (exact) mass is 383 g/mol. The zero-order chi connectivity index (χ0) is 20.0. The summed E-state index contributed by atoms with van der Waals surface area (Å²) in [6.07, 6.45) is -7.55. The first-order chi connectivity index (χ1) is 11.2. The summed E-state index contributed by atoms with van der Waals surface area (Å²) >= 11 is 1.11. The third kappa shape index (κ3) is 8.29. The van der Waals surface area contributed by atoms with Crippen LogP contribution < -0.4 is 0 Å². The zero-order valence-electron chi connectivity index (χ0n) is 14.1. The van der Waals surface area contributed by atoms with Gasteiger partial charge in [-0.05, 0) is 31.8 Å². The molecular weight excluding hydrogens is 364 g/mol. The number of halogens is 6. The average Bonchev–Trinajstić information content (AvgIpc) is 2.43.